The van der Waals surface area contributed by atoms with Crippen LogP contribution in [0.3, 0.4) is 0 Å². The first-order chi connectivity index (χ1) is 65.2. The number of carbonyl (C=O) groups is 17. The molecule has 52 heteroatoms. The molecule has 758 valence electrons. The van der Waals surface area contributed by atoms with Gasteiger partial charge in [0.1, 0.15) is 78.0 Å². The summed E-state index contributed by atoms with van der Waals surface area (Å²) in [6.07, 6.45) is -0.573. The van der Waals surface area contributed by atoms with Gasteiger partial charge in [0, 0.05) is 89.0 Å². The summed E-state index contributed by atoms with van der Waals surface area (Å²) in [6, 6.07) is 2.51. The fourth-order valence-corrected chi connectivity index (χ4v) is 13.9. The number of aromatic nitrogens is 1. The van der Waals surface area contributed by atoms with Crippen LogP contribution in [-0.2, 0) is 101 Å². The minimum atomic E-state index is -1.92. The second-order valence-corrected chi connectivity index (χ2v) is 33.3. The number of nitrogens with two attached hydrogens (primary N) is 6. The molecule has 0 fully saturated rings. The fourth-order valence-electron chi connectivity index (χ4n) is 13.9. The van der Waals surface area contributed by atoms with Gasteiger partial charge in [-0.1, -0.05) is 70.2 Å². The Morgan fingerprint density at radius 2 is 0.638 bits per heavy atom. The third kappa shape index (κ3) is 46.2. The van der Waals surface area contributed by atoms with Gasteiger partial charge >= 0.3 is 5.97 Å². The van der Waals surface area contributed by atoms with Crippen LogP contribution >= 0.6 is 0 Å². The molecule has 0 radical (unpaired) electrons. The molecule has 0 aliphatic carbocycles. The molecule has 0 aliphatic heterocycles. The summed E-state index contributed by atoms with van der Waals surface area (Å²) < 4.78 is 0. The average Bonchev–Trinajstić information content (AvgIpc) is 1.68. The maximum atomic E-state index is 14.6. The van der Waals surface area contributed by atoms with Crippen LogP contribution in [0.15, 0.2) is 79.0 Å². The molecule has 0 saturated carbocycles. The second kappa shape index (κ2) is 60.4. The largest absolute Gasteiger partial charge is 0.508 e. The minimum absolute atomic E-state index is 0.00580. The van der Waals surface area contributed by atoms with Gasteiger partial charge in [-0.25, -0.2) is 0 Å². The van der Waals surface area contributed by atoms with Gasteiger partial charge < -0.3 is 161 Å². The molecule has 3 aromatic carbocycles. The predicted octanol–water partition coefficient (Wildman–Crippen LogP) is -7.82. The van der Waals surface area contributed by atoms with E-state index in [-0.39, 0.29) is 164 Å². The molecule has 4 rings (SSSR count). The highest BCUT2D eigenvalue weighted by Crippen LogP contribution is 2.21. The summed E-state index contributed by atoms with van der Waals surface area (Å²) in [5.74, 6) is -19.1. The number of aromatic hydroxyl groups is 2. The summed E-state index contributed by atoms with van der Waals surface area (Å²) in [5.41, 5.74) is 35.3. The lowest BCUT2D eigenvalue weighted by Gasteiger charge is -2.26. The van der Waals surface area contributed by atoms with Gasteiger partial charge in [-0.2, -0.15) is 0 Å². The standard InChI is InChI=1S/C86H134N32O20/c1-45(2)35-61(111-68(124)44-107-75(132)62(36-46(3)4)117-81(138)65(40-70(126)127)112-69(125)43-105-73(130)56(16-9-30-100-83(90)91)114-79(136)63(38-49-22-26-52(121)27-23-49)118-76(133)57(108-47(5)119)17-10-31-101-84(92)93)74(131)106-42-67(123)109-58(18-11-32-102-85(94)95)77(134)113-55(15-8-29-99-82(88)89)72(129)98-34-28-66(122)110-64(39-50-41-104-54-14-7-6-13-53(50)54)80(137)115-59(19-12-33-103-86(96)97)78(135)116-60(71(87)128)37-48-20-24-51(120)25-21-48/h6-7,13-14,20-27,41,45-46,55-65,104,120-121H,8-12,15-19,28-40,42-44H2,1-5H3,(H2,87,128)(H,98,129)(H,105,130)(H,106,131)(H,107,132)(H,108,119)(H,109,123)(H,110,122)(H,111,124)(H,112,125)(H,113,134)(H,114,136)(H,115,137)(H,116,135)(H,117,138)(H,118,133)(H,126,127)(H4,88,89,99)(H4,90,91,100)(H4,92,93,101)(H4,94,95,102)(H4,96,97,103)/t55-,56-,57-,58-,59-,60-,61-,62-,63-,64-,65-/m0/s1. The number of rotatable bonds is 63. The number of nitrogens with one attached hydrogen (secondary N) is 26. The predicted molar refractivity (Wildman–Crippen MR) is 505 cm³/mol. The number of hydrogen-bond donors (Lipinski definition) is 35. The van der Waals surface area contributed by atoms with E-state index in [9.17, 15) is 96.8 Å². The lowest BCUT2D eigenvalue weighted by Crippen LogP contribution is -2.58. The van der Waals surface area contributed by atoms with Gasteiger partial charge in [-0.05, 0) is 136 Å². The zero-order valence-corrected chi connectivity index (χ0v) is 77.6. The van der Waals surface area contributed by atoms with E-state index in [0.29, 0.717) is 27.6 Å². The van der Waals surface area contributed by atoms with E-state index in [1.807, 2.05) is 0 Å². The number of para-hydroxylation sites is 1. The van der Waals surface area contributed by atoms with Crippen LogP contribution in [0.1, 0.15) is 141 Å². The van der Waals surface area contributed by atoms with Crippen molar-refractivity contribution in [1.29, 1.82) is 27.0 Å². The Bertz CT molecular complexity index is 4860. The molecule has 0 spiro atoms. The van der Waals surface area contributed by atoms with Crippen molar-refractivity contribution in [1.82, 2.24) is 111 Å². The monoisotopic (exact) mass is 1940 g/mol. The average molecular weight is 1940 g/mol. The zero-order valence-electron chi connectivity index (χ0n) is 77.6. The van der Waals surface area contributed by atoms with Crippen LogP contribution in [0.4, 0.5) is 0 Å². The van der Waals surface area contributed by atoms with E-state index in [1.54, 1.807) is 58.2 Å². The van der Waals surface area contributed by atoms with Crippen molar-refractivity contribution < 1.29 is 96.8 Å². The van der Waals surface area contributed by atoms with Crippen LogP contribution in [0.5, 0.6) is 11.5 Å². The minimum Gasteiger partial charge on any atom is -0.508 e. The van der Waals surface area contributed by atoms with Crippen LogP contribution in [0.2, 0.25) is 0 Å². The van der Waals surface area contributed by atoms with Crippen molar-refractivity contribution in [2.24, 2.45) is 46.2 Å². The van der Waals surface area contributed by atoms with Gasteiger partial charge in [-0.15, -0.1) is 0 Å². The van der Waals surface area contributed by atoms with Gasteiger partial charge in [0.25, 0.3) is 0 Å². The van der Waals surface area contributed by atoms with Crippen molar-refractivity contribution in [2.45, 2.75) is 210 Å². The van der Waals surface area contributed by atoms with E-state index in [2.05, 4.69) is 111 Å². The number of benzene rings is 3. The third-order valence-corrected chi connectivity index (χ3v) is 20.6. The summed E-state index contributed by atoms with van der Waals surface area (Å²) >= 11 is 0. The lowest BCUT2D eigenvalue weighted by molar-refractivity contribution is -0.141. The van der Waals surface area contributed by atoms with Crippen molar-refractivity contribution in [2.75, 3.05) is 58.9 Å². The highest BCUT2D eigenvalue weighted by atomic mass is 16.4. The normalized spacial score (nSPS) is 13.3. The molecule has 16 amide bonds. The van der Waals surface area contributed by atoms with Crippen LogP contribution in [0.25, 0.3) is 10.9 Å². The Morgan fingerprint density at radius 3 is 1.03 bits per heavy atom. The first-order valence-electron chi connectivity index (χ1n) is 44.6. The molecule has 138 heavy (non-hydrogen) atoms. The SMILES string of the molecule is CC(=O)N[C@@H](CCCNC(=N)N)C(=O)N[C@@H](Cc1ccc(O)cc1)C(=O)N[C@@H](CCCNC(=N)N)C(=O)NCC(=O)N[C@@H](CC(=O)O)C(=O)N[C@@H](CC(C)C)C(=O)NCC(=O)N[C@@H](CC(C)C)C(=O)NCC(=O)N[C@@H](CCCNC(=N)N)C(=O)N[C@@H](CCCNC(=N)N)C(=O)NCCC(=O)N[C@@H](Cc1c[nH]c2ccccc12)C(=O)N[C@@H](CCCNC(=N)N)C(=O)N[C@@H](Cc1ccc(O)cc1)C(N)=O. The van der Waals surface area contributed by atoms with Gasteiger partial charge in [0.15, 0.2) is 29.8 Å². The highest BCUT2D eigenvalue weighted by molar-refractivity contribution is 6.00. The van der Waals surface area contributed by atoms with Crippen molar-refractivity contribution >= 4 is 141 Å². The Morgan fingerprint density at radius 1 is 0.333 bits per heavy atom. The van der Waals surface area contributed by atoms with Crippen molar-refractivity contribution in [3.63, 3.8) is 0 Å². The van der Waals surface area contributed by atoms with Crippen LogP contribution in [-0.4, -0.2) is 276 Å². The molecule has 41 N–H and O–H groups in total. The van der Waals surface area contributed by atoms with E-state index in [4.69, 9.17) is 61.4 Å². The molecule has 4 aromatic rings. The first kappa shape index (κ1) is 114. The Labute approximate surface area is 795 Å². The lowest BCUT2D eigenvalue weighted by atomic mass is 10.0. The molecule has 1 heterocycles. The smallest absolute Gasteiger partial charge is 0.305 e. The Hall–Kier alpha value is -15.9. The maximum absolute atomic E-state index is 14.6. The van der Waals surface area contributed by atoms with Gasteiger partial charge in [-0.3, -0.25) is 109 Å². The summed E-state index contributed by atoms with van der Waals surface area (Å²) in [4.78, 5) is 237. The number of phenols is 2. The molecular weight excluding hydrogens is 1800 g/mol. The maximum Gasteiger partial charge on any atom is 0.305 e. The molecule has 0 aliphatic rings. The number of hydrogen-bond acceptors (Lipinski definition) is 24. The molecule has 0 saturated heterocycles. The number of fused-ring (bicyclic) bond motifs is 1. The highest BCUT2D eigenvalue weighted by Gasteiger charge is 2.36. The number of phenolic OH excluding ortho intramolecular Hbond substituents is 2. The molecule has 0 unspecified atom stereocenters. The van der Waals surface area contributed by atoms with Crippen molar-refractivity contribution in [3.05, 3.63) is 95.7 Å². The molecular formula is C86H134N32O20. The number of guanidine groups is 5. The van der Waals surface area contributed by atoms with E-state index < -0.39 is 224 Å². The number of H-pyrrole nitrogens is 1. The Kier molecular flexibility index (Phi) is 50.1. The molecule has 1 aromatic heterocycles. The van der Waals surface area contributed by atoms with Crippen LogP contribution in [0, 0.1) is 38.9 Å². The van der Waals surface area contributed by atoms with E-state index in [1.165, 1.54) is 48.5 Å². The third-order valence-electron chi connectivity index (χ3n) is 20.6. The number of primary amides is 1. The van der Waals surface area contributed by atoms with E-state index >= 15 is 0 Å². The zero-order chi connectivity index (χ0) is 103. The van der Waals surface area contributed by atoms with Gasteiger partial charge in [0.2, 0.25) is 94.5 Å². The number of carboxylic acid groups (broad SMARTS) is 1. The van der Waals surface area contributed by atoms with Gasteiger partial charge in [0.05, 0.1) is 26.1 Å². The summed E-state index contributed by atoms with van der Waals surface area (Å²) in [6.45, 7) is 5.16. The fraction of sp³-hybridized carbons (Fsp3) is 0.512. The molecule has 0 bridgehead atoms. The topological polar surface area (TPSA) is 883 Å². The Balaban J connectivity index is 1.47. The van der Waals surface area contributed by atoms with E-state index in [0.717, 1.165) is 6.92 Å². The quantitative estimate of drug-likeness (QED) is 0.0111. The van der Waals surface area contributed by atoms with Crippen LogP contribution < -0.4 is 141 Å². The summed E-state index contributed by atoms with van der Waals surface area (Å²) in [5, 5.41) is 119. The molecule has 11 atom stereocenters. The number of aromatic amines is 1. The van der Waals surface area contributed by atoms with Crippen molar-refractivity contribution in [3.8, 4) is 11.5 Å². The summed E-state index contributed by atoms with van der Waals surface area (Å²) in [7, 11) is 0. The first-order valence-corrected chi connectivity index (χ1v) is 44.6. The number of amides is 16. The number of carbonyl (C=O) groups excluding carboxylic acids is 16. The second-order valence-electron chi connectivity index (χ2n) is 33.3. The number of carboxylic acids is 1. The molecule has 52 nitrogen and oxygen atoms in total. The number of aliphatic carboxylic acids is 1.